The van der Waals surface area contributed by atoms with Gasteiger partial charge >= 0.3 is 5.97 Å². The van der Waals surface area contributed by atoms with Crippen LogP contribution in [0.2, 0.25) is 0 Å². The number of hydrogen-bond acceptors (Lipinski definition) is 1. The van der Waals surface area contributed by atoms with Crippen LogP contribution in [0, 0.1) is 5.92 Å². The third kappa shape index (κ3) is 5.07. The van der Waals surface area contributed by atoms with E-state index in [0.717, 1.165) is 25.8 Å². The number of aliphatic carboxylic acids is 1. The summed E-state index contributed by atoms with van der Waals surface area (Å²) in [6.07, 6.45) is 8.71. The van der Waals surface area contributed by atoms with Crippen LogP contribution in [-0.4, -0.2) is 15.6 Å². The monoisotopic (exact) mass is 247 g/mol. The van der Waals surface area contributed by atoms with Gasteiger partial charge in [-0.25, -0.2) is 0 Å². The van der Waals surface area contributed by atoms with Gasteiger partial charge in [-0.15, -0.1) is 5.73 Å². The predicted octanol–water partition coefficient (Wildman–Crippen LogP) is 3.48. The van der Waals surface area contributed by atoms with Gasteiger partial charge in [0, 0.05) is 18.9 Å². The molecule has 18 heavy (non-hydrogen) atoms. The highest BCUT2D eigenvalue weighted by Crippen LogP contribution is 2.10. The Morgan fingerprint density at radius 2 is 2.11 bits per heavy atom. The largest absolute Gasteiger partial charge is 0.481 e. The van der Waals surface area contributed by atoms with E-state index in [1.165, 1.54) is 5.57 Å². The third-order valence-corrected chi connectivity index (χ3v) is 2.91. The predicted molar refractivity (Wildman–Crippen MR) is 72.4 cm³/mol. The van der Waals surface area contributed by atoms with Crippen molar-refractivity contribution in [1.82, 2.24) is 4.57 Å². The van der Waals surface area contributed by atoms with Gasteiger partial charge in [-0.3, -0.25) is 4.79 Å². The van der Waals surface area contributed by atoms with Crippen LogP contribution in [0.1, 0.15) is 33.1 Å². The molecule has 0 bridgehead atoms. The molecule has 1 aromatic heterocycles. The summed E-state index contributed by atoms with van der Waals surface area (Å²) in [7, 11) is 0. The lowest BCUT2D eigenvalue weighted by Gasteiger charge is -2.04. The summed E-state index contributed by atoms with van der Waals surface area (Å²) < 4.78 is 2.15. The summed E-state index contributed by atoms with van der Waals surface area (Å²) in [4.78, 5) is 10.7. The number of rotatable bonds is 7. The van der Waals surface area contributed by atoms with Gasteiger partial charge in [-0.05, 0) is 50.0 Å². The molecule has 1 N–H and O–H groups in total. The number of carboxylic acid groups (broad SMARTS) is 1. The first kappa shape index (κ1) is 14.3. The molecule has 0 aliphatic rings. The second-order valence-corrected chi connectivity index (χ2v) is 4.42. The van der Waals surface area contributed by atoms with Crippen molar-refractivity contribution >= 4 is 5.97 Å². The first-order valence-corrected chi connectivity index (χ1v) is 6.41. The molecule has 0 fully saturated rings. The fourth-order valence-electron chi connectivity index (χ4n) is 1.66. The molecule has 1 rings (SSSR count). The third-order valence-electron chi connectivity index (χ3n) is 2.91. The lowest BCUT2D eigenvalue weighted by atomic mass is 10.1. The van der Waals surface area contributed by atoms with Gasteiger partial charge in [-0.1, -0.05) is 6.92 Å². The molecular formula is C15H21NO2. The van der Waals surface area contributed by atoms with E-state index in [4.69, 9.17) is 5.11 Å². The number of aryl methyl sites for hydroxylation is 1. The van der Waals surface area contributed by atoms with Crippen molar-refractivity contribution in [3.63, 3.8) is 0 Å². The first-order valence-electron chi connectivity index (χ1n) is 6.41. The lowest BCUT2D eigenvalue weighted by molar-refractivity contribution is -0.139. The zero-order chi connectivity index (χ0) is 13.4. The Morgan fingerprint density at radius 1 is 1.44 bits per heavy atom. The number of nitrogens with zero attached hydrogens (tertiary/aromatic N) is 1. The summed E-state index contributed by atoms with van der Waals surface area (Å²) in [5.74, 6) is -1.26. The number of aromatic nitrogens is 1. The average Bonchev–Trinajstić information content (AvgIpc) is 2.85. The van der Waals surface area contributed by atoms with Crippen LogP contribution in [-0.2, 0) is 11.3 Å². The first-order chi connectivity index (χ1) is 8.63. The van der Waals surface area contributed by atoms with Crippen molar-refractivity contribution in [1.29, 1.82) is 0 Å². The maximum atomic E-state index is 10.7. The van der Waals surface area contributed by atoms with E-state index in [0.29, 0.717) is 0 Å². The topological polar surface area (TPSA) is 42.2 Å². The molecule has 0 unspecified atom stereocenters. The highest BCUT2D eigenvalue weighted by atomic mass is 16.4. The van der Waals surface area contributed by atoms with Crippen LogP contribution >= 0.6 is 0 Å². The maximum absolute atomic E-state index is 10.7. The fraction of sp³-hybridized carbons (Fsp3) is 0.467. The summed E-state index contributed by atoms with van der Waals surface area (Å²) in [6.45, 7) is 4.74. The van der Waals surface area contributed by atoms with E-state index < -0.39 is 11.9 Å². The fourth-order valence-corrected chi connectivity index (χ4v) is 1.66. The number of hydrogen-bond donors (Lipinski definition) is 1. The van der Waals surface area contributed by atoms with Gasteiger partial charge in [0.1, 0.15) is 0 Å². The van der Waals surface area contributed by atoms with Crippen LogP contribution in [0.3, 0.4) is 0 Å². The van der Waals surface area contributed by atoms with Crippen LogP contribution in [0.4, 0.5) is 0 Å². The molecule has 1 atom stereocenters. The van der Waals surface area contributed by atoms with Crippen molar-refractivity contribution < 1.29 is 9.90 Å². The van der Waals surface area contributed by atoms with Crippen molar-refractivity contribution in [2.45, 2.75) is 39.7 Å². The van der Waals surface area contributed by atoms with E-state index in [1.54, 1.807) is 13.0 Å². The van der Waals surface area contributed by atoms with Crippen LogP contribution < -0.4 is 0 Å². The Bertz CT molecular complexity index is 425. The lowest BCUT2D eigenvalue weighted by Crippen LogP contribution is -2.05. The Hall–Kier alpha value is -1.73. The van der Waals surface area contributed by atoms with Gasteiger partial charge in [0.2, 0.25) is 0 Å². The molecular weight excluding hydrogens is 226 g/mol. The van der Waals surface area contributed by atoms with E-state index in [9.17, 15) is 4.79 Å². The van der Waals surface area contributed by atoms with Gasteiger partial charge in [0.15, 0.2) is 0 Å². The van der Waals surface area contributed by atoms with E-state index in [-0.39, 0.29) is 0 Å². The minimum Gasteiger partial charge on any atom is -0.481 e. The molecule has 0 amide bonds. The molecule has 1 heterocycles. The van der Waals surface area contributed by atoms with Crippen molar-refractivity contribution in [3.05, 3.63) is 41.9 Å². The quantitative estimate of drug-likeness (QED) is 0.749. The molecule has 0 saturated heterocycles. The number of carbonyl (C=O) groups is 1. The smallest absolute Gasteiger partial charge is 0.310 e. The molecule has 0 aromatic carbocycles. The second-order valence-electron chi connectivity index (χ2n) is 4.42. The van der Waals surface area contributed by atoms with Crippen molar-refractivity contribution in [3.8, 4) is 0 Å². The minimum atomic E-state index is -0.801. The highest BCUT2D eigenvalue weighted by molar-refractivity contribution is 5.71. The Kier molecular flexibility index (Phi) is 6.03. The SMILES string of the molecule is CCC(=C=C[C@@H](C)C(=O)O)CCCn1cccc1. The van der Waals surface area contributed by atoms with E-state index >= 15 is 0 Å². The van der Waals surface area contributed by atoms with E-state index in [1.807, 2.05) is 12.1 Å². The molecule has 0 saturated carbocycles. The van der Waals surface area contributed by atoms with Crippen LogP contribution in [0.15, 0.2) is 41.9 Å². The standard InChI is InChI=1S/C15H21NO2/c1-3-14(9-8-13(2)15(17)18)7-6-12-16-10-4-5-11-16/h4-5,8,10-11,13H,3,6-7,12H2,1-2H3,(H,17,18)/t9?,13-/m1/s1. The molecule has 0 aliphatic carbocycles. The van der Waals surface area contributed by atoms with E-state index in [2.05, 4.69) is 29.6 Å². The number of carboxylic acids is 1. The van der Waals surface area contributed by atoms with Crippen LogP contribution in [0.25, 0.3) is 0 Å². The Balaban J connectivity index is 2.46. The van der Waals surface area contributed by atoms with Crippen LogP contribution in [0.5, 0.6) is 0 Å². The minimum absolute atomic E-state index is 0.462. The molecule has 0 spiro atoms. The summed E-state index contributed by atoms with van der Waals surface area (Å²) >= 11 is 0. The zero-order valence-corrected chi connectivity index (χ0v) is 11.1. The highest BCUT2D eigenvalue weighted by Gasteiger charge is 2.05. The van der Waals surface area contributed by atoms with Crippen molar-refractivity contribution in [2.24, 2.45) is 5.92 Å². The average molecular weight is 247 g/mol. The Labute approximate surface area is 108 Å². The molecule has 1 aromatic rings. The zero-order valence-electron chi connectivity index (χ0n) is 11.1. The molecule has 3 nitrogen and oxygen atoms in total. The molecule has 0 radical (unpaired) electrons. The van der Waals surface area contributed by atoms with Gasteiger partial charge in [0.05, 0.1) is 5.92 Å². The van der Waals surface area contributed by atoms with Gasteiger partial charge in [-0.2, -0.15) is 0 Å². The molecule has 3 heteroatoms. The molecule has 98 valence electrons. The summed E-state index contributed by atoms with van der Waals surface area (Å²) in [5.41, 5.74) is 4.32. The van der Waals surface area contributed by atoms with Gasteiger partial charge < -0.3 is 9.67 Å². The van der Waals surface area contributed by atoms with Gasteiger partial charge in [0.25, 0.3) is 0 Å². The maximum Gasteiger partial charge on any atom is 0.310 e. The normalized spacial score (nSPS) is 11.7. The second kappa shape index (κ2) is 7.57. The summed E-state index contributed by atoms with van der Waals surface area (Å²) in [6, 6.07) is 4.04. The Morgan fingerprint density at radius 3 is 2.67 bits per heavy atom. The molecule has 0 aliphatic heterocycles. The van der Waals surface area contributed by atoms with Crippen molar-refractivity contribution in [2.75, 3.05) is 0 Å². The summed E-state index contributed by atoms with van der Waals surface area (Å²) in [5, 5.41) is 8.78.